The number of amides is 4. The van der Waals surface area contributed by atoms with Crippen molar-refractivity contribution in [2.45, 2.75) is 50.0 Å². The molecule has 0 unspecified atom stereocenters. The van der Waals surface area contributed by atoms with Gasteiger partial charge in [-0.15, -0.1) is 0 Å². The number of hydrogen-bond acceptors (Lipinski definition) is 4. The Bertz CT molecular complexity index is 1130. The number of piperidine rings is 1. The standard InChI is InChI=1S/C25H26F2N4O3/c1-25(8-9-25)14-2-4-15(5-3-14)28-24(34)29-16-12-31(13-16)17-10-19(26)22(20(27)11-17)18-6-7-21(32)30-23(18)33/h2-5,10-11,16,18H,6-9,12-13H2,1H3,(H2,28,29,34)(H,30,32,33)/t18-/m1/s1. The molecule has 0 spiro atoms. The minimum absolute atomic E-state index is 0.0438. The third-order valence-electron chi connectivity index (χ3n) is 7.07. The lowest BCUT2D eigenvalue weighted by Crippen LogP contribution is -2.60. The minimum atomic E-state index is -1.03. The fourth-order valence-corrected chi connectivity index (χ4v) is 4.62. The second-order valence-electron chi connectivity index (χ2n) is 9.67. The molecule has 2 heterocycles. The number of nitrogens with zero attached hydrogens (tertiary/aromatic N) is 1. The van der Waals surface area contributed by atoms with Crippen LogP contribution >= 0.6 is 0 Å². The predicted octanol–water partition coefficient (Wildman–Crippen LogP) is 3.55. The first-order chi connectivity index (χ1) is 16.2. The van der Waals surface area contributed by atoms with Crippen LogP contribution in [0.2, 0.25) is 0 Å². The van der Waals surface area contributed by atoms with Gasteiger partial charge in [0.15, 0.2) is 0 Å². The van der Waals surface area contributed by atoms with Crippen LogP contribution in [0.1, 0.15) is 49.7 Å². The van der Waals surface area contributed by atoms with Gasteiger partial charge in [0.05, 0.1) is 12.0 Å². The first-order valence-corrected chi connectivity index (χ1v) is 11.5. The second kappa shape index (κ2) is 8.38. The number of hydrogen-bond donors (Lipinski definition) is 3. The summed E-state index contributed by atoms with van der Waals surface area (Å²) in [5.41, 5.74) is 2.28. The van der Waals surface area contributed by atoms with Gasteiger partial charge < -0.3 is 15.5 Å². The Morgan fingerprint density at radius 3 is 2.32 bits per heavy atom. The summed E-state index contributed by atoms with van der Waals surface area (Å²) in [6.07, 6.45) is 2.49. The number of rotatable bonds is 5. The van der Waals surface area contributed by atoms with Gasteiger partial charge in [-0.25, -0.2) is 13.6 Å². The molecule has 3 aliphatic rings. The van der Waals surface area contributed by atoms with E-state index in [4.69, 9.17) is 0 Å². The first-order valence-electron chi connectivity index (χ1n) is 11.5. The summed E-state index contributed by atoms with van der Waals surface area (Å²) >= 11 is 0. The van der Waals surface area contributed by atoms with Crippen molar-refractivity contribution in [1.29, 1.82) is 0 Å². The highest BCUT2D eigenvalue weighted by molar-refractivity contribution is 6.01. The van der Waals surface area contributed by atoms with Gasteiger partial charge in [-0.1, -0.05) is 19.1 Å². The third-order valence-corrected chi connectivity index (χ3v) is 7.07. The molecule has 5 rings (SSSR count). The third kappa shape index (κ3) is 4.34. The van der Waals surface area contributed by atoms with Crippen molar-refractivity contribution in [3.8, 4) is 0 Å². The second-order valence-corrected chi connectivity index (χ2v) is 9.67. The summed E-state index contributed by atoms with van der Waals surface area (Å²) in [6, 6.07) is 9.75. The van der Waals surface area contributed by atoms with Crippen molar-refractivity contribution in [2.24, 2.45) is 0 Å². The molecule has 1 saturated carbocycles. The molecule has 2 aromatic rings. The van der Waals surface area contributed by atoms with Crippen LogP contribution in [0.15, 0.2) is 36.4 Å². The van der Waals surface area contributed by atoms with Crippen molar-refractivity contribution in [1.82, 2.24) is 10.6 Å². The van der Waals surface area contributed by atoms with E-state index in [9.17, 15) is 23.2 Å². The maximum atomic E-state index is 14.7. The number of imide groups is 1. The van der Waals surface area contributed by atoms with Crippen LogP contribution in [-0.2, 0) is 15.0 Å². The molecule has 3 N–H and O–H groups in total. The van der Waals surface area contributed by atoms with Crippen LogP contribution in [0, 0.1) is 11.6 Å². The summed E-state index contributed by atoms with van der Waals surface area (Å²) in [5.74, 6) is -3.78. The van der Waals surface area contributed by atoms with Crippen molar-refractivity contribution in [3.05, 3.63) is 59.2 Å². The molecular formula is C25H26F2N4O3. The van der Waals surface area contributed by atoms with Crippen molar-refractivity contribution in [3.63, 3.8) is 0 Å². The van der Waals surface area contributed by atoms with Gasteiger partial charge in [-0.3, -0.25) is 14.9 Å². The highest BCUT2D eigenvalue weighted by Crippen LogP contribution is 2.47. The number of carbonyl (C=O) groups excluding carboxylic acids is 3. The molecule has 34 heavy (non-hydrogen) atoms. The monoisotopic (exact) mass is 468 g/mol. The highest BCUT2D eigenvalue weighted by Gasteiger charge is 2.39. The Morgan fingerprint density at radius 2 is 1.74 bits per heavy atom. The average molecular weight is 469 g/mol. The molecule has 0 bridgehead atoms. The van der Waals surface area contributed by atoms with E-state index in [0.717, 1.165) is 0 Å². The van der Waals surface area contributed by atoms with E-state index < -0.39 is 29.4 Å². The molecule has 1 aliphatic carbocycles. The topological polar surface area (TPSA) is 90.5 Å². The molecule has 178 valence electrons. The Labute approximate surface area is 195 Å². The summed E-state index contributed by atoms with van der Waals surface area (Å²) in [6.45, 7) is 3.04. The zero-order valence-corrected chi connectivity index (χ0v) is 18.8. The van der Waals surface area contributed by atoms with Crippen molar-refractivity contribution >= 4 is 29.2 Å². The molecular weight excluding hydrogens is 442 g/mol. The fourth-order valence-electron chi connectivity index (χ4n) is 4.62. The molecule has 7 nitrogen and oxygen atoms in total. The Kier molecular flexibility index (Phi) is 5.50. The van der Waals surface area contributed by atoms with Crippen LogP contribution < -0.4 is 20.9 Å². The highest BCUT2D eigenvalue weighted by atomic mass is 19.1. The predicted molar refractivity (Wildman–Crippen MR) is 123 cm³/mol. The molecule has 9 heteroatoms. The zero-order valence-electron chi connectivity index (χ0n) is 18.8. The van der Waals surface area contributed by atoms with Gasteiger partial charge in [0.25, 0.3) is 0 Å². The molecule has 2 aromatic carbocycles. The van der Waals surface area contributed by atoms with E-state index in [1.807, 2.05) is 24.3 Å². The maximum absolute atomic E-state index is 14.7. The smallest absolute Gasteiger partial charge is 0.319 e. The van der Waals surface area contributed by atoms with E-state index >= 15 is 0 Å². The van der Waals surface area contributed by atoms with E-state index in [1.54, 1.807) is 4.90 Å². The van der Waals surface area contributed by atoms with Gasteiger partial charge in [-0.2, -0.15) is 0 Å². The Balaban J connectivity index is 1.15. The lowest BCUT2D eigenvalue weighted by molar-refractivity contribution is -0.134. The van der Waals surface area contributed by atoms with Crippen LogP contribution in [0.5, 0.6) is 0 Å². The summed E-state index contributed by atoms with van der Waals surface area (Å²) in [5, 5.41) is 7.80. The van der Waals surface area contributed by atoms with E-state index in [-0.39, 0.29) is 35.9 Å². The largest absolute Gasteiger partial charge is 0.367 e. The van der Waals surface area contributed by atoms with Gasteiger partial charge in [-0.05, 0) is 54.5 Å². The quantitative estimate of drug-likeness (QED) is 0.586. The van der Waals surface area contributed by atoms with Gasteiger partial charge in [0.1, 0.15) is 11.6 Å². The first kappa shape index (κ1) is 22.3. The molecule has 3 fully saturated rings. The molecule has 0 aromatic heterocycles. The van der Waals surface area contributed by atoms with Gasteiger partial charge >= 0.3 is 6.03 Å². The fraction of sp³-hybridized carbons (Fsp3) is 0.400. The molecule has 4 amide bonds. The number of benzene rings is 2. The molecule has 1 atom stereocenters. The number of halogens is 2. The number of urea groups is 1. The Hall–Kier alpha value is -3.49. The summed E-state index contributed by atoms with van der Waals surface area (Å²) in [7, 11) is 0. The van der Waals surface area contributed by atoms with E-state index in [2.05, 4.69) is 22.9 Å². The van der Waals surface area contributed by atoms with Gasteiger partial charge in [0.2, 0.25) is 11.8 Å². The lowest BCUT2D eigenvalue weighted by Gasteiger charge is -2.41. The SMILES string of the molecule is CC1(c2ccc(NC(=O)NC3CN(c4cc(F)c([C@H]5CCC(=O)NC5=O)c(F)c4)C3)cc2)CC1. The van der Waals surface area contributed by atoms with Crippen molar-refractivity contribution < 1.29 is 23.2 Å². The molecule has 2 aliphatic heterocycles. The van der Waals surface area contributed by atoms with E-state index in [0.29, 0.717) is 24.5 Å². The molecule has 2 saturated heterocycles. The van der Waals surface area contributed by atoms with Crippen LogP contribution in [0.3, 0.4) is 0 Å². The number of anilines is 2. The zero-order chi connectivity index (χ0) is 24.0. The summed E-state index contributed by atoms with van der Waals surface area (Å²) in [4.78, 5) is 37.4. The van der Waals surface area contributed by atoms with Crippen LogP contribution in [0.25, 0.3) is 0 Å². The van der Waals surface area contributed by atoms with Crippen LogP contribution in [-0.4, -0.2) is 37.0 Å². The summed E-state index contributed by atoms with van der Waals surface area (Å²) < 4.78 is 29.5. The van der Waals surface area contributed by atoms with E-state index in [1.165, 1.54) is 30.5 Å². The molecule has 0 radical (unpaired) electrons. The normalized spacial score (nSPS) is 21.5. The van der Waals surface area contributed by atoms with Gasteiger partial charge in [0, 0.05) is 36.4 Å². The minimum Gasteiger partial charge on any atom is -0.367 e. The van der Waals surface area contributed by atoms with Crippen LogP contribution in [0.4, 0.5) is 25.0 Å². The number of carbonyl (C=O) groups is 3. The Morgan fingerprint density at radius 1 is 1.09 bits per heavy atom. The lowest BCUT2D eigenvalue weighted by atomic mass is 9.89. The van der Waals surface area contributed by atoms with Crippen molar-refractivity contribution in [2.75, 3.05) is 23.3 Å². The number of nitrogens with one attached hydrogen (secondary N) is 3. The maximum Gasteiger partial charge on any atom is 0.319 e. The average Bonchev–Trinajstić information content (AvgIpc) is 3.50.